The molecule has 4 nitrogen and oxygen atoms in total. The van der Waals surface area contributed by atoms with E-state index < -0.39 is 5.91 Å². The first-order chi connectivity index (χ1) is 6.54. The molecule has 0 bridgehead atoms. The SMILES string of the molecule is NC(=S)N(N)C(=O)c1ccccc1Cl. The summed E-state index contributed by atoms with van der Waals surface area (Å²) in [6, 6.07) is 6.51. The standard InChI is InChI=1S/C8H8ClN3OS/c9-6-4-2-1-3-5(6)7(13)12(11)8(10)14/h1-4H,11H2,(H2,10,14). The number of rotatable bonds is 1. The summed E-state index contributed by atoms with van der Waals surface area (Å²) in [4.78, 5) is 11.6. The molecule has 74 valence electrons. The Balaban J connectivity index is 3.01. The zero-order valence-electron chi connectivity index (χ0n) is 7.11. The number of nitrogens with zero attached hydrogens (tertiary/aromatic N) is 1. The molecule has 14 heavy (non-hydrogen) atoms. The number of carbonyl (C=O) groups excluding carboxylic acids is 1. The van der Waals surface area contributed by atoms with Crippen molar-refractivity contribution >= 4 is 34.8 Å². The molecule has 0 saturated heterocycles. The second-order valence-corrected chi connectivity index (χ2v) is 3.32. The van der Waals surface area contributed by atoms with Crippen LogP contribution >= 0.6 is 23.8 Å². The normalized spacial score (nSPS) is 9.57. The van der Waals surface area contributed by atoms with Gasteiger partial charge in [-0.15, -0.1) is 0 Å². The van der Waals surface area contributed by atoms with Gasteiger partial charge in [-0.25, -0.2) is 10.9 Å². The van der Waals surface area contributed by atoms with Crippen LogP contribution in [0, 0.1) is 0 Å². The van der Waals surface area contributed by atoms with E-state index in [0.29, 0.717) is 10.0 Å². The zero-order valence-corrected chi connectivity index (χ0v) is 8.68. The number of benzene rings is 1. The van der Waals surface area contributed by atoms with Gasteiger partial charge in [0.05, 0.1) is 10.6 Å². The molecule has 4 N–H and O–H groups in total. The smallest absolute Gasteiger partial charge is 0.275 e. The first-order valence-corrected chi connectivity index (χ1v) is 4.45. The Hall–Kier alpha value is -1.17. The van der Waals surface area contributed by atoms with E-state index in [1.54, 1.807) is 24.3 Å². The lowest BCUT2D eigenvalue weighted by Gasteiger charge is -2.14. The number of nitrogens with two attached hydrogens (primary N) is 2. The van der Waals surface area contributed by atoms with Gasteiger partial charge in [-0.05, 0) is 24.4 Å². The van der Waals surface area contributed by atoms with Gasteiger partial charge in [0.15, 0.2) is 5.11 Å². The highest BCUT2D eigenvalue weighted by molar-refractivity contribution is 7.80. The minimum atomic E-state index is -0.525. The summed E-state index contributed by atoms with van der Waals surface area (Å²) in [6.45, 7) is 0. The third-order valence-corrected chi connectivity index (χ3v) is 2.09. The summed E-state index contributed by atoms with van der Waals surface area (Å²) < 4.78 is 0. The molecule has 0 heterocycles. The quantitative estimate of drug-likeness (QED) is 0.325. The highest BCUT2D eigenvalue weighted by atomic mass is 35.5. The van der Waals surface area contributed by atoms with Crippen molar-refractivity contribution in [3.8, 4) is 0 Å². The van der Waals surface area contributed by atoms with E-state index in [1.165, 1.54) is 0 Å². The molecular weight excluding hydrogens is 222 g/mol. The van der Waals surface area contributed by atoms with Crippen molar-refractivity contribution in [2.75, 3.05) is 0 Å². The van der Waals surface area contributed by atoms with Gasteiger partial charge in [0, 0.05) is 0 Å². The molecule has 0 aromatic heterocycles. The van der Waals surface area contributed by atoms with Crippen LogP contribution in [0.15, 0.2) is 24.3 Å². The maximum absolute atomic E-state index is 11.6. The van der Waals surface area contributed by atoms with Gasteiger partial charge in [0.25, 0.3) is 5.91 Å². The van der Waals surface area contributed by atoms with Crippen LogP contribution < -0.4 is 11.6 Å². The number of hydrogen-bond acceptors (Lipinski definition) is 3. The fraction of sp³-hybridized carbons (Fsp3) is 0. The van der Waals surface area contributed by atoms with Crippen LogP contribution in [0.1, 0.15) is 10.4 Å². The Morgan fingerprint density at radius 3 is 2.50 bits per heavy atom. The second-order valence-electron chi connectivity index (χ2n) is 2.49. The van der Waals surface area contributed by atoms with E-state index in [9.17, 15) is 4.79 Å². The van der Waals surface area contributed by atoms with Crippen molar-refractivity contribution in [3.63, 3.8) is 0 Å². The molecule has 6 heteroatoms. The maximum Gasteiger partial charge on any atom is 0.275 e. The third-order valence-electron chi connectivity index (χ3n) is 1.56. The summed E-state index contributed by atoms with van der Waals surface area (Å²) in [6.07, 6.45) is 0. The molecule has 0 atom stereocenters. The molecule has 0 radical (unpaired) electrons. The van der Waals surface area contributed by atoms with Gasteiger partial charge in [0.1, 0.15) is 0 Å². The van der Waals surface area contributed by atoms with Gasteiger partial charge in [0.2, 0.25) is 0 Å². The number of halogens is 1. The summed E-state index contributed by atoms with van der Waals surface area (Å²) in [5, 5.41) is 0.787. The fourth-order valence-electron chi connectivity index (χ4n) is 0.865. The van der Waals surface area contributed by atoms with Crippen LogP contribution in [0.4, 0.5) is 0 Å². The lowest BCUT2D eigenvalue weighted by atomic mass is 10.2. The molecule has 0 aliphatic heterocycles. The molecular formula is C8H8ClN3OS. The topological polar surface area (TPSA) is 72.3 Å². The minimum absolute atomic E-state index is 0.199. The van der Waals surface area contributed by atoms with E-state index in [2.05, 4.69) is 12.2 Å². The Labute approximate surface area is 91.4 Å². The van der Waals surface area contributed by atoms with Crippen molar-refractivity contribution in [3.05, 3.63) is 34.9 Å². The molecule has 0 aliphatic rings. The number of thiocarbonyl (C=S) groups is 1. The van der Waals surface area contributed by atoms with Crippen LogP contribution in [-0.2, 0) is 0 Å². The summed E-state index contributed by atoms with van der Waals surface area (Å²) >= 11 is 10.3. The van der Waals surface area contributed by atoms with Gasteiger partial charge in [-0.2, -0.15) is 0 Å². The first kappa shape index (κ1) is 10.9. The summed E-state index contributed by atoms with van der Waals surface area (Å²) in [7, 11) is 0. The van der Waals surface area contributed by atoms with Gasteiger partial charge in [-0.1, -0.05) is 23.7 Å². The van der Waals surface area contributed by atoms with Crippen LogP contribution in [0.3, 0.4) is 0 Å². The van der Waals surface area contributed by atoms with Crippen molar-refractivity contribution in [2.24, 2.45) is 11.6 Å². The highest BCUT2D eigenvalue weighted by Gasteiger charge is 2.16. The van der Waals surface area contributed by atoms with Crippen LogP contribution in [-0.4, -0.2) is 16.0 Å². The Morgan fingerprint density at radius 1 is 1.43 bits per heavy atom. The molecule has 1 aromatic carbocycles. The Bertz CT molecular complexity index is 383. The van der Waals surface area contributed by atoms with Gasteiger partial charge < -0.3 is 5.73 Å². The van der Waals surface area contributed by atoms with Gasteiger partial charge >= 0.3 is 0 Å². The largest absolute Gasteiger partial charge is 0.375 e. The van der Waals surface area contributed by atoms with E-state index in [4.69, 9.17) is 23.2 Å². The van der Waals surface area contributed by atoms with Crippen molar-refractivity contribution < 1.29 is 4.79 Å². The maximum atomic E-state index is 11.6. The number of carbonyl (C=O) groups is 1. The molecule has 0 unspecified atom stereocenters. The zero-order chi connectivity index (χ0) is 10.7. The van der Waals surface area contributed by atoms with Crippen LogP contribution in [0.25, 0.3) is 0 Å². The molecule has 1 aromatic rings. The summed E-state index contributed by atoms with van der Waals surface area (Å²) in [5.41, 5.74) is 5.46. The summed E-state index contributed by atoms with van der Waals surface area (Å²) in [5.74, 6) is 4.79. The van der Waals surface area contributed by atoms with Crippen molar-refractivity contribution in [1.29, 1.82) is 0 Å². The van der Waals surface area contributed by atoms with Crippen molar-refractivity contribution in [2.45, 2.75) is 0 Å². The average molecular weight is 230 g/mol. The van der Waals surface area contributed by atoms with Crippen LogP contribution in [0.5, 0.6) is 0 Å². The monoisotopic (exact) mass is 229 g/mol. The highest BCUT2D eigenvalue weighted by Crippen LogP contribution is 2.15. The van der Waals surface area contributed by atoms with E-state index in [-0.39, 0.29) is 10.7 Å². The lowest BCUT2D eigenvalue weighted by Crippen LogP contribution is -2.45. The number of hydrazine groups is 1. The molecule has 1 amide bonds. The molecule has 0 spiro atoms. The lowest BCUT2D eigenvalue weighted by molar-refractivity contribution is 0.0848. The first-order valence-electron chi connectivity index (χ1n) is 3.67. The molecule has 1 rings (SSSR count). The van der Waals surface area contributed by atoms with E-state index in [0.717, 1.165) is 0 Å². The van der Waals surface area contributed by atoms with Gasteiger partial charge in [-0.3, -0.25) is 4.79 Å². The molecule has 0 aliphatic carbocycles. The van der Waals surface area contributed by atoms with Crippen molar-refractivity contribution in [1.82, 2.24) is 5.01 Å². The Morgan fingerprint density at radius 2 is 2.00 bits per heavy atom. The molecule has 0 saturated carbocycles. The van der Waals surface area contributed by atoms with Crippen LogP contribution in [0.2, 0.25) is 5.02 Å². The van der Waals surface area contributed by atoms with E-state index >= 15 is 0 Å². The number of amides is 1. The average Bonchev–Trinajstić information content (AvgIpc) is 2.16. The Kier molecular flexibility index (Phi) is 3.40. The fourth-order valence-corrected chi connectivity index (χ4v) is 1.16. The predicted octanol–water partition coefficient (Wildman–Crippen LogP) is 0.900. The second kappa shape index (κ2) is 4.36. The minimum Gasteiger partial charge on any atom is -0.375 e. The predicted molar refractivity (Wildman–Crippen MR) is 58.6 cm³/mol. The molecule has 0 fully saturated rings. The third kappa shape index (κ3) is 2.20. The van der Waals surface area contributed by atoms with E-state index in [1.807, 2.05) is 0 Å². The number of hydrogen-bond donors (Lipinski definition) is 2.